The lowest BCUT2D eigenvalue weighted by atomic mass is 9.76. The maximum Gasteiger partial charge on any atom is 0.491 e. The molecule has 106 valence electrons. The Morgan fingerprint density at radius 2 is 1.68 bits per heavy atom. The average Bonchev–Trinajstić information content (AvgIpc) is 2.34. The second-order valence-electron chi connectivity index (χ2n) is 4.93. The summed E-state index contributed by atoms with van der Waals surface area (Å²) in [6, 6.07) is 1.51. The zero-order valence-electron chi connectivity index (χ0n) is 11.5. The summed E-state index contributed by atoms with van der Waals surface area (Å²) in [5.74, 6) is -2.09. The van der Waals surface area contributed by atoms with Gasteiger partial charge in [-0.2, -0.15) is 0 Å². The molecule has 0 fully saturated rings. The molecule has 0 aliphatic carbocycles. The molecular formula is C14H21BF2O2. The van der Waals surface area contributed by atoms with Crippen LogP contribution in [-0.2, 0) is 6.42 Å². The Bertz CT molecular complexity index is 422. The molecule has 5 heteroatoms. The Morgan fingerprint density at radius 3 is 2.26 bits per heavy atom. The van der Waals surface area contributed by atoms with Gasteiger partial charge >= 0.3 is 7.12 Å². The molecule has 0 saturated carbocycles. The quantitative estimate of drug-likeness (QED) is 0.590. The van der Waals surface area contributed by atoms with Crippen LogP contribution in [0, 0.1) is 18.6 Å². The highest BCUT2D eigenvalue weighted by molar-refractivity contribution is 6.59. The lowest BCUT2D eigenvalue weighted by molar-refractivity contribution is 0.419. The Kier molecular flexibility index (Phi) is 6.45. The highest BCUT2D eigenvalue weighted by Crippen LogP contribution is 2.17. The van der Waals surface area contributed by atoms with Crippen LogP contribution in [0.15, 0.2) is 6.07 Å². The molecular weight excluding hydrogens is 249 g/mol. The van der Waals surface area contributed by atoms with Crippen molar-refractivity contribution in [2.75, 3.05) is 0 Å². The molecule has 0 aromatic heterocycles. The minimum Gasteiger partial charge on any atom is -0.423 e. The monoisotopic (exact) mass is 270 g/mol. The molecule has 1 rings (SSSR count). The van der Waals surface area contributed by atoms with Gasteiger partial charge in [-0.3, -0.25) is 0 Å². The van der Waals surface area contributed by atoms with Crippen LogP contribution >= 0.6 is 0 Å². The van der Waals surface area contributed by atoms with Gasteiger partial charge in [0.1, 0.15) is 0 Å². The fourth-order valence-corrected chi connectivity index (χ4v) is 2.25. The number of hydrogen-bond donors (Lipinski definition) is 2. The molecule has 0 radical (unpaired) electrons. The van der Waals surface area contributed by atoms with E-state index in [0.717, 1.165) is 32.1 Å². The summed E-state index contributed by atoms with van der Waals surface area (Å²) in [5.41, 5.74) is 0.320. The second kappa shape index (κ2) is 7.60. The van der Waals surface area contributed by atoms with Gasteiger partial charge in [0, 0.05) is 5.46 Å². The number of benzene rings is 1. The van der Waals surface area contributed by atoms with Crippen LogP contribution in [0.25, 0.3) is 0 Å². The number of aryl methyl sites for hydroxylation is 2. The lowest BCUT2D eigenvalue weighted by Crippen LogP contribution is -2.36. The first-order valence-corrected chi connectivity index (χ1v) is 6.82. The summed E-state index contributed by atoms with van der Waals surface area (Å²) in [6.07, 6.45) is 5.70. The number of unbranched alkanes of at least 4 members (excludes halogenated alkanes) is 4. The van der Waals surface area contributed by atoms with E-state index in [1.807, 2.05) is 0 Å². The summed E-state index contributed by atoms with van der Waals surface area (Å²) in [7, 11) is -1.98. The molecule has 0 aliphatic rings. The van der Waals surface area contributed by atoms with Crippen LogP contribution in [0.5, 0.6) is 0 Å². The van der Waals surface area contributed by atoms with Crippen LogP contribution in [0.3, 0.4) is 0 Å². The third kappa shape index (κ3) is 4.28. The van der Waals surface area contributed by atoms with Gasteiger partial charge in [-0.05, 0) is 30.9 Å². The Balaban J connectivity index is 2.75. The average molecular weight is 270 g/mol. The standard InChI is InChI=1S/C14H21BF2O2/c1-3-4-5-6-7-8-11-9-10(2)12(15(18)19)14(17)13(11)16/h9,18-19H,3-8H2,1-2H3. The number of halogens is 2. The van der Waals surface area contributed by atoms with Crippen molar-refractivity contribution in [1.29, 1.82) is 0 Å². The molecule has 0 aliphatic heterocycles. The van der Waals surface area contributed by atoms with E-state index in [0.29, 0.717) is 17.5 Å². The highest BCUT2D eigenvalue weighted by Gasteiger charge is 2.24. The van der Waals surface area contributed by atoms with E-state index in [-0.39, 0.29) is 5.46 Å². The van der Waals surface area contributed by atoms with Gasteiger partial charge in [0.2, 0.25) is 0 Å². The lowest BCUT2D eigenvalue weighted by Gasteiger charge is -2.11. The molecule has 2 nitrogen and oxygen atoms in total. The Morgan fingerprint density at radius 1 is 1.05 bits per heavy atom. The third-order valence-electron chi connectivity index (χ3n) is 3.33. The fraction of sp³-hybridized carbons (Fsp3) is 0.571. The van der Waals surface area contributed by atoms with Gasteiger partial charge in [-0.25, -0.2) is 8.78 Å². The normalized spacial score (nSPS) is 10.8. The van der Waals surface area contributed by atoms with E-state index in [2.05, 4.69) is 6.92 Å². The van der Waals surface area contributed by atoms with E-state index in [4.69, 9.17) is 10.0 Å². The maximum atomic E-state index is 13.8. The SMILES string of the molecule is CCCCCCCc1cc(C)c(B(O)O)c(F)c1F. The van der Waals surface area contributed by atoms with Gasteiger partial charge < -0.3 is 10.0 Å². The van der Waals surface area contributed by atoms with Gasteiger partial charge in [0.05, 0.1) is 0 Å². The van der Waals surface area contributed by atoms with Crippen LogP contribution in [0.4, 0.5) is 8.78 Å². The summed E-state index contributed by atoms with van der Waals surface area (Å²) in [4.78, 5) is 0. The first-order chi connectivity index (χ1) is 8.99. The van der Waals surface area contributed by atoms with Crippen molar-refractivity contribution in [3.05, 3.63) is 28.8 Å². The van der Waals surface area contributed by atoms with E-state index < -0.39 is 18.8 Å². The van der Waals surface area contributed by atoms with Crippen molar-refractivity contribution in [2.24, 2.45) is 0 Å². The summed E-state index contributed by atoms with van der Waals surface area (Å²) in [5, 5.41) is 18.0. The van der Waals surface area contributed by atoms with Crippen LogP contribution < -0.4 is 5.46 Å². The molecule has 0 heterocycles. The minimum atomic E-state index is -1.98. The molecule has 2 N–H and O–H groups in total. The molecule has 19 heavy (non-hydrogen) atoms. The summed E-state index contributed by atoms with van der Waals surface area (Å²) in [6.45, 7) is 3.68. The minimum absolute atomic E-state index is 0.316. The van der Waals surface area contributed by atoms with Crippen molar-refractivity contribution >= 4 is 12.6 Å². The molecule has 1 aromatic rings. The topological polar surface area (TPSA) is 40.5 Å². The van der Waals surface area contributed by atoms with Crippen molar-refractivity contribution in [3.8, 4) is 0 Å². The third-order valence-corrected chi connectivity index (χ3v) is 3.33. The molecule has 0 atom stereocenters. The van der Waals surface area contributed by atoms with Gasteiger partial charge in [0.15, 0.2) is 11.6 Å². The smallest absolute Gasteiger partial charge is 0.423 e. The zero-order valence-corrected chi connectivity index (χ0v) is 11.5. The van der Waals surface area contributed by atoms with E-state index in [1.165, 1.54) is 6.07 Å². The van der Waals surface area contributed by atoms with Gasteiger partial charge in [-0.1, -0.05) is 38.7 Å². The molecule has 0 bridgehead atoms. The van der Waals surface area contributed by atoms with Crippen molar-refractivity contribution in [3.63, 3.8) is 0 Å². The maximum absolute atomic E-state index is 13.8. The number of rotatable bonds is 7. The first-order valence-electron chi connectivity index (χ1n) is 6.82. The first kappa shape index (κ1) is 16.1. The van der Waals surface area contributed by atoms with Crippen LogP contribution in [-0.4, -0.2) is 17.2 Å². The van der Waals surface area contributed by atoms with Crippen LogP contribution in [0.1, 0.15) is 50.2 Å². The van der Waals surface area contributed by atoms with Crippen molar-refractivity contribution < 1.29 is 18.8 Å². The molecule has 0 spiro atoms. The molecule has 0 amide bonds. The largest absolute Gasteiger partial charge is 0.491 e. The van der Waals surface area contributed by atoms with Crippen molar-refractivity contribution in [1.82, 2.24) is 0 Å². The van der Waals surface area contributed by atoms with Gasteiger partial charge in [-0.15, -0.1) is 0 Å². The Hall–Kier alpha value is -0.935. The van der Waals surface area contributed by atoms with E-state index in [1.54, 1.807) is 6.92 Å². The van der Waals surface area contributed by atoms with Gasteiger partial charge in [0.25, 0.3) is 0 Å². The predicted octanol–water partition coefficient (Wildman–Crippen LogP) is 2.47. The van der Waals surface area contributed by atoms with Crippen LogP contribution in [0.2, 0.25) is 0 Å². The highest BCUT2D eigenvalue weighted by atomic mass is 19.2. The number of hydrogen-bond acceptors (Lipinski definition) is 2. The fourth-order valence-electron chi connectivity index (χ4n) is 2.25. The summed E-state index contributed by atoms with van der Waals surface area (Å²) < 4.78 is 27.5. The van der Waals surface area contributed by atoms with Crippen molar-refractivity contribution in [2.45, 2.75) is 52.4 Å². The molecule has 1 aromatic carbocycles. The Labute approximate surface area is 113 Å². The zero-order chi connectivity index (χ0) is 14.4. The molecule has 0 unspecified atom stereocenters. The molecule has 0 saturated heterocycles. The summed E-state index contributed by atoms with van der Waals surface area (Å²) >= 11 is 0. The second-order valence-corrected chi connectivity index (χ2v) is 4.93. The van der Waals surface area contributed by atoms with E-state index in [9.17, 15) is 8.78 Å². The predicted molar refractivity (Wildman–Crippen MR) is 73.4 cm³/mol. The van der Waals surface area contributed by atoms with E-state index >= 15 is 0 Å².